The third kappa shape index (κ3) is 2.62. The molecule has 0 radical (unpaired) electrons. The van der Waals surface area contributed by atoms with Crippen LogP contribution in [0.5, 0.6) is 0 Å². The molecule has 4 nitrogen and oxygen atoms in total. The topological polar surface area (TPSA) is 48.3 Å². The lowest BCUT2D eigenvalue weighted by molar-refractivity contribution is -0.0559. The summed E-state index contributed by atoms with van der Waals surface area (Å²) < 4.78 is 5.63. The lowest BCUT2D eigenvalue weighted by Gasteiger charge is -2.41. The Morgan fingerprint density at radius 3 is 2.71 bits per heavy atom. The van der Waals surface area contributed by atoms with Crippen LogP contribution in [0.15, 0.2) is 0 Å². The first-order valence-corrected chi connectivity index (χ1v) is 6.57. The molecule has 3 unspecified atom stereocenters. The molecule has 0 aromatic rings. The van der Waals surface area contributed by atoms with Crippen LogP contribution in [0.2, 0.25) is 0 Å². The predicted octanol–water partition coefficient (Wildman–Crippen LogP) is 0.987. The third-order valence-electron chi connectivity index (χ3n) is 4.11. The van der Waals surface area contributed by atoms with Crippen LogP contribution in [-0.4, -0.2) is 49.3 Å². The van der Waals surface area contributed by atoms with Crippen molar-refractivity contribution in [3.63, 3.8) is 0 Å². The van der Waals surface area contributed by atoms with Crippen molar-refractivity contribution >= 4 is 0 Å². The number of rotatable bonds is 4. The first-order chi connectivity index (χ1) is 8.11. The van der Waals surface area contributed by atoms with Crippen molar-refractivity contribution < 1.29 is 4.74 Å². The molecule has 1 saturated carbocycles. The molecule has 0 aromatic carbocycles. The average Bonchev–Trinajstić information content (AvgIpc) is 3.15. The molecule has 96 valence electrons. The Labute approximate surface area is 104 Å². The van der Waals surface area contributed by atoms with E-state index in [0.29, 0.717) is 12.0 Å². The summed E-state index contributed by atoms with van der Waals surface area (Å²) in [5.41, 5.74) is -0.356. The second kappa shape index (κ2) is 4.93. The van der Waals surface area contributed by atoms with Gasteiger partial charge in [0.15, 0.2) is 0 Å². The summed E-state index contributed by atoms with van der Waals surface area (Å²) in [5, 5.41) is 12.8. The van der Waals surface area contributed by atoms with Gasteiger partial charge in [0.1, 0.15) is 5.54 Å². The molecule has 1 aliphatic carbocycles. The molecule has 1 heterocycles. The average molecular weight is 237 g/mol. The van der Waals surface area contributed by atoms with Gasteiger partial charge in [-0.25, -0.2) is 0 Å². The number of nitrogens with zero attached hydrogens (tertiary/aromatic N) is 2. The molecule has 4 heteroatoms. The number of morpholine rings is 1. The number of ether oxygens (including phenoxy) is 1. The second-order valence-electron chi connectivity index (χ2n) is 5.53. The van der Waals surface area contributed by atoms with E-state index < -0.39 is 0 Å². The lowest BCUT2D eigenvalue weighted by atomic mass is 9.93. The molecular weight excluding hydrogens is 214 g/mol. The standard InChI is InChI=1S/C13H23N3O/c1-10-7-17-11(2)6-16(10)9-13(8-14,15-3)12-4-5-12/h10-12,15H,4-7,9H2,1-3H3. The van der Waals surface area contributed by atoms with Crippen molar-refractivity contribution in [2.75, 3.05) is 26.7 Å². The first-order valence-electron chi connectivity index (χ1n) is 6.57. The molecule has 0 bridgehead atoms. The highest BCUT2D eigenvalue weighted by Crippen LogP contribution is 2.40. The van der Waals surface area contributed by atoms with Crippen molar-refractivity contribution in [3.8, 4) is 6.07 Å². The Kier molecular flexibility index (Phi) is 3.72. The molecule has 2 rings (SSSR count). The summed E-state index contributed by atoms with van der Waals surface area (Å²) in [6.07, 6.45) is 2.64. The van der Waals surface area contributed by atoms with Crippen LogP contribution in [-0.2, 0) is 4.74 Å². The van der Waals surface area contributed by atoms with Crippen LogP contribution in [0, 0.1) is 17.2 Å². The van der Waals surface area contributed by atoms with Gasteiger partial charge in [-0.3, -0.25) is 4.90 Å². The van der Waals surface area contributed by atoms with Crippen molar-refractivity contribution in [2.45, 2.75) is 44.4 Å². The van der Waals surface area contributed by atoms with Gasteiger partial charge in [-0.1, -0.05) is 0 Å². The highest BCUT2D eigenvalue weighted by Gasteiger charge is 2.46. The van der Waals surface area contributed by atoms with Crippen molar-refractivity contribution in [1.82, 2.24) is 10.2 Å². The molecule has 0 spiro atoms. The van der Waals surface area contributed by atoms with Crippen molar-refractivity contribution in [3.05, 3.63) is 0 Å². The normalized spacial score (nSPS) is 34.0. The fourth-order valence-corrected chi connectivity index (χ4v) is 2.68. The van der Waals surface area contributed by atoms with Crippen LogP contribution in [0.3, 0.4) is 0 Å². The molecule has 1 N–H and O–H groups in total. The Bertz CT molecular complexity index is 310. The Balaban J connectivity index is 2.04. The summed E-state index contributed by atoms with van der Waals surface area (Å²) in [5.74, 6) is 0.530. The van der Waals surface area contributed by atoms with E-state index >= 15 is 0 Å². The van der Waals surface area contributed by atoms with Gasteiger partial charge < -0.3 is 10.1 Å². The molecule has 17 heavy (non-hydrogen) atoms. The predicted molar refractivity (Wildman–Crippen MR) is 66.6 cm³/mol. The van der Waals surface area contributed by atoms with E-state index in [9.17, 15) is 5.26 Å². The van der Waals surface area contributed by atoms with Crippen molar-refractivity contribution in [2.24, 2.45) is 5.92 Å². The molecule has 3 atom stereocenters. The highest BCUT2D eigenvalue weighted by molar-refractivity contribution is 5.16. The minimum atomic E-state index is -0.356. The van der Waals surface area contributed by atoms with Gasteiger partial charge in [0.05, 0.1) is 18.8 Å². The number of nitrogens with one attached hydrogen (secondary N) is 1. The zero-order chi connectivity index (χ0) is 12.5. The van der Waals surface area contributed by atoms with E-state index in [1.807, 2.05) is 7.05 Å². The van der Waals surface area contributed by atoms with E-state index in [1.54, 1.807) is 0 Å². The van der Waals surface area contributed by atoms with Crippen LogP contribution < -0.4 is 5.32 Å². The molecule has 0 aromatic heterocycles. The summed E-state index contributed by atoms with van der Waals surface area (Å²) in [6, 6.07) is 2.92. The van der Waals surface area contributed by atoms with E-state index in [0.717, 1.165) is 19.7 Å². The van der Waals surface area contributed by atoms with Gasteiger partial charge in [0.2, 0.25) is 0 Å². The van der Waals surface area contributed by atoms with Gasteiger partial charge in [0.25, 0.3) is 0 Å². The monoisotopic (exact) mass is 237 g/mol. The van der Waals surface area contributed by atoms with Crippen LogP contribution >= 0.6 is 0 Å². The quantitative estimate of drug-likeness (QED) is 0.792. The molecule has 0 amide bonds. The highest BCUT2D eigenvalue weighted by atomic mass is 16.5. The van der Waals surface area contributed by atoms with Gasteiger partial charge >= 0.3 is 0 Å². The van der Waals surface area contributed by atoms with Gasteiger partial charge in [0, 0.05) is 19.1 Å². The molecule has 1 aliphatic heterocycles. The summed E-state index contributed by atoms with van der Waals surface area (Å²) in [4.78, 5) is 2.40. The van der Waals surface area contributed by atoms with Crippen LogP contribution in [0.25, 0.3) is 0 Å². The largest absolute Gasteiger partial charge is 0.376 e. The van der Waals surface area contributed by atoms with Crippen LogP contribution in [0.4, 0.5) is 0 Å². The SMILES string of the molecule is CNC(C#N)(CN1CC(C)OCC1C)C1CC1. The summed E-state index contributed by atoms with van der Waals surface area (Å²) in [7, 11) is 1.91. The van der Waals surface area contributed by atoms with E-state index in [2.05, 4.69) is 30.1 Å². The molecule has 2 fully saturated rings. The van der Waals surface area contributed by atoms with Crippen molar-refractivity contribution in [1.29, 1.82) is 5.26 Å². The molecular formula is C13H23N3O. The van der Waals surface area contributed by atoms with Gasteiger partial charge in [-0.05, 0) is 39.7 Å². The zero-order valence-electron chi connectivity index (χ0n) is 11.1. The number of hydrogen-bond acceptors (Lipinski definition) is 4. The molecule has 2 aliphatic rings. The van der Waals surface area contributed by atoms with Crippen LogP contribution in [0.1, 0.15) is 26.7 Å². The lowest BCUT2D eigenvalue weighted by Crippen LogP contribution is -2.58. The Hall–Kier alpha value is -0.630. The Morgan fingerprint density at radius 1 is 1.47 bits per heavy atom. The van der Waals surface area contributed by atoms with Gasteiger partial charge in [-0.2, -0.15) is 5.26 Å². The zero-order valence-corrected chi connectivity index (χ0v) is 11.1. The summed E-state index contributed by atoms with van der Waals surface area (Å²) >= 11 is 0. The maximum absolute atomic E-state index is 9.50. The van der Waals surface area contributed by atoms with E-state index in [4.69, 9.17) is 4.74 Å². The minimum absolute atomic E-state index is 0.277. The summed E-state index contributed by atoms with van der Waals surface area (Å²) in [6.45, 7) is 6.80. The first kappa shape index (κ1) is 12.8. The molecule has 1 saturated heterocycles. The number of hydrogen-bond donors (Lipinski definition) is 1. The smallest absolute Gasteiger partial charge is 0.122 e. The number of nitriles is 1. The Morgan fingerprint density at radius 2 is 2.18 bits per heavy atom. The van der Waals surface area contributed by atoms with E-state index in [-0.39, 0.29) is 11.6 Å². The van der Waals surface area contributed by atoms with E-state index in [1.165, 1.54) is 12.8 Å². The fraction of sp³-hybridized carbons (Fsp3) is 0.923. The number of likely N-dealkylation sites (N-methyl/N-ethyl adjacent to an activating group) is 1. The fourth-order valence-electron chi connectivity index (χ4n) is 2.68. The van der Waals surface area contributed by atoms with Gasteiger partial charge in [-0.15, -0.1) is 0 Å². The maximum Gasteiger partial charge on any atom is 0.122 e. The maximum atomic E-state index is 9.50. The second-order valence-corrected chi connectivity index (χ2v) is 5.53. The minimum Gasteiger partial charge on any atom is -0.376 e. The third-order valence-corrected chi connectivity index (χ3v) is 4.11.